The summed E-state index contributed by atoms with van der Waals surface area (Å²) < 4.78 is 9.25. The predicted octanol–water partition coefficient (Wildman–Crippen LogP) is 17.8. The van der Waals surface area contributed by atoms with Crippen LogP contribution in [0.2, 0.25) is 0 Å². The van der Waals surface area contributed by atoms with Gasteiger partial charge in [-0.15, -0.1) is 53.6 Å². The summed E-state index contributed by atoms with van der Waals surface area (Å²) in [6.45, 7) is 31.8. The standard InChI is InChI=1S/C68H69N4O.Pt/c1-64(2,3)50-33-34-69-63(41-50)72-60-32-29-51(67(10,11)48-25-19-15-20-26-48)40-59(60)58-31-30-56(43-61(58)72)73-57-39-52(65(4,5)6)37-55(42-57)71-45-70(44-62(71)66(7,8)9)54-36-47(46-23-17-14-18-24-46)35-53(38-54)68(12,13)49-27-21-16-22-28-49;/h14-41,44-45H,1-13H3;/q-3;. The number of rotatable bonds is 10. The molecule has 0 atom stereocenters. The minimum atomic E-state index is -0.249. The number of ether oxygens (including phenoxy) is 1. The minimum absolute atomic E-state index is 0. The Bertz CT molecular complexity index is 3510. The number of allylic oxidation sites excluding steroid dienone is 1. The van der Waals surface area contributed by atoms with Crippen LogP contribution in [0.25, 0.3) is 38.8 Å². The van der Waals surface area contributed by atoms with Gasteiger partial charge in [0.1, 0.15) is 5.82 Å². The van der Waals surface area contributed by atoms with Crippen LogP contribution in [-0.2, 0) is 42.7 Å². The SMILES string of the molecule is CC(C)(C)C1=CN(c2cc(-c3ccccc3)cc(C(C)(C)c3ccccc3)c2)[CH-]N1c1[c-]c(Oc2[c-]c3c(cc2)c2cc(C(C)(C)c4ccccc4)ccc2n3-c2cc(C(C)(C)C)ccn2)cc(C(C)(C)C)c1.[Pt]. The number of nitrogens with zero attached hydrogens (tertiary/aromatic N) is 4. The van der Waals surface area contributed by atoms with Gasteiger partial charge in [0.25, 0.3) is 0 Å². The number of anilines is 2. The fourth-order valence-corrected chi connectivity index (χ4v) is 10.1. The Kier molecular flexibility index (Phi) is 13.8. The monoisotopic (exact) mass is 1150 g/mol. The van der Waals surface area contributed by atoms with E-state index in [9.17, 15) is 0 Å². The summed E-state index contributed by atoms with van der Waals surface area (Å²) in [7, 11) is 0. The molecule has 0 bridgehead atoms. The van der Waals surface area contributed by atoms with E-state index in [1.165, 1.54) is 38.9 Å². The van der Waals surface area contributed by atoms with E-state index in [0.717, 1.165) is 50.3 Å². The summed E-state index contributed by atoms with van der Waals surface area (Å²) in [4.78, 5) is 9.59. The Morgan fingerprint density at radius 3 is 1.72 bits per heavy atom. The van der Waals surface area contributed by atoms with Crippen molar-refractivity contribution in [1.82, 2.24) is 9.55 Å². The van der Waals surface area contributed by atoms with Gasteiger partial charge in [0, 0.05) is 71.9 Å². The maximum absolute atomic E-state index is 7.00. The first-order chi connectivity index (χ1) is 34.6. The molecule has 0 saturated heterocycles. The van der Waals surface area contributed by atoms with E-state index in [4.69, 9.17) is 9.72 Å². The third-order valence-electron chi connectivity index (χ3n) is 15.0. The summed E-state index contributed by atoms with van der Waals surface area (Å²) >= 11 is 0. The van der Waals surface area contributed by atoms with Gasteiger partial charge < -0.3 is 19.1 Å². The second kappa shape index (κ2) is 19.5. The van der Waals surface area contributed by atoms with Crippen molar-refractivity contribution in [2.24, 2.45) is 5.41 Å². The van der Waals surface area contributed by atoms with Crippen LogP contribution >= 0.6 is 0 Å². The normalized spacial score (nSPS) is 13.6. The Hall–Kier alpha value is -6.68. The van der Waals surface area contributed by atoms with Crippen molar-refractivity contribution in [2.45, 2.75) is 112 Å². The molecule has 0 fully saturated rings. The molecule has 7 aromatic carbocycles. The molecular weight excluding hydrogens is 1080 g/mol. The molecule has 9 aromatic rings. The molecule has 2 aromatic heterocycles. The van der Waals surface area contributed by atoms with Crippen LogP contribution < -0.4 is 14.5 Å². The third-order valence-corrected chi connectivity index (χ3v) is 15.0. The first kappa shape index (κ1) is 52.2. The Balaban J connectivity index is 0.00000672. The molecule has 5 nitrogen and oxygen atoms in total. The fourth-order valence-electron chi connectivity index (χ4n) is 10.1. The van der Waals surface area contributed by atoms with Crippen LogP contribution in [0.3, 0.4) is 0 Å². The van der Waals surface area contributed by atoms with E-state index in [1.54, 1.807) is 0 Å². The number of hydrogen-bond donors (Lipinski definition) is 0. The van der Waals surface area contributed by atoms with Gasteiger partial charge in [0.05, 0.1) is 0 Å². The molecule has 0 amide bonds. The molecule has 1 aliphatic heterocycles. The van der Waals surface area contributed by atoms with Crippen LogP contribution in [0.15, 0.2) is 182 Å². The largest absolute Gasteiger partial charge is 0.509 e. The van der Waals surface area contributed by atoms with Crippen molar-refractivity contribution < 1.29 is 25.8 Å². The van der Waals surface area contributed by atoms with E-state index in [0.29, 0.717) is 11.5 Å². The zero-order valence-corrected chi connectivity index (χ0v) is 47.6. The maximum atomic E-state index is 7.00. The Morgan fingerprint density at radius 2 is 1.09 bits per heavy atom. The molecule has 10 rings (SSSR count). The smallest absolute Gasteiger partial charge is 0.135 e. The van der Waals surface area contributed by atoms with Crippen LogP contribution in [0.1, 0.15) is 123 Å². The molecule has 0 unspecified atom stereocenters. The molecule has 0 aliphatic carbocycles. The molecule has 6 heteroatoms. The van der Waals surface area contributed by atoms with Gasteiger partial charge in [-0.25, -0.2) is 4.98 Å². The van der Waals surface area contributed by atoms with Crippen molar-refractivity contribution in [3.05, 3.63) is 234 Å². The summed E-state index contributed by atoms with van der Waals surface area (Å²) in [6, 6.07) is 66.7. The Morgan fingerprint density at radius 1 is 0.473 bits per heavy atom. The van der Waals surface area contributed by atoms with E-state index in [-0.39, 0.29) is 48.1 Å². The fraction of sp³-hybridized carbons (Fsp3) is 0.265. The first-order valence-corrected chi connectivity index (χ1v) is 25.8. The van der Waals surface area contributed by atoms with E-state index in [1.807, 2.05) is 6.20 Å². The number of pyridine rings is 1. The molecule has 1 aliphatic rings. The first-order valence-electron chi connectivity index (χ1n) is 25.8. The molecule has 0 spiro atoms. The minimum Gasteiger partial charge on any atom is -0.509 e. The van der Waals surface area contributed by atoms with Gasteiger partial charge >= 0.3 is 0 Å². The van der Waals surface area contributed by atoms with Crippen molar-refractivity contribution >= 4 is 33.2 Å². The number of aromatic nitrogens is 2. The maximum Gasteiger partial charge on any atom is 0.135 e. The average molecular weight is 1150 g/mol. The number of benzene rings is 7. The summed E-state index contributed by atoms with van der Waals surface area (Å²) in [5.74, 6) is 2.07. The van der Waals surface area contributed by atoms with Crippen molar-refractivity contribution in [2.75, 3.05) is 9.80 Å². The van der Waals surface area contributed by atoms with E-state index >= 15 is 0 Å². The number of fused-ring (bicyclic) bond motifs is 3. The van der Waals surface area contributed by atoms with Crippen molar-refractivity contribution in [1.29, 1.82) is 0 Å². The van der Waals surface area contributed by atoms with Crippen molar-refractivity contribution in [3.63, 3.8) is 0 Å². The van der Waals surface area contributed by atoms with Crippen molar-refractivity contribution in [3.8, 4) is 28.4 Å². The average Bonchev–Trinajstić information content (AvgIpc) is 3.97. The summed E-state index contributed by atoms with van der Waals surface area (Å²) in [6.07, 6.45) is 4.22. The van der Waals surface area contributed by atoms with Crippen LogP contribution in [0.5, 0.6) is 11.5 Å². The molecule has 0 radical (unpaired) electrons. The van der Waals surface area contributed by atoms with E-state index in [2.05, 4.69) is 293 Å². The molecule has 380 valence electrons. The second-order valence-electron chi connectivity index (χ2n) is 24.0. The van der Waals surface area contributed by atoms with Gasteiger partial charge in [-0.3, -0.25) is 0 Å². The molecular formula is C68H69N4OPt-3. The molecule has 74 heavy (non-hydrogen) atoms. The van der Waals surface area contributed by atoms with Gasteiger partial charge in [-0.1, -0.05) is 205 Å². The zero-order chi connectivity index (χ0) is 51.7. The zero-order valence-electron chi connectivity index (χ0n) is 45.3. The van der Waals surface area contributed by atoms with Gasteiger partial charge in [-0.05, 0) is 91.7 Å². The van der Waals surface area contributed by atoms with Crippen LogP contribution in [0.4, 0.5) is 11.4 Å². The Labute approximate surface area is 455 Å². The van der Waals surface area contributed by atoms with Crippen LogP contribution in [0, 0.1) is 24.2 Å². The van der Waals surface area contributed by atoms with Gasteiger partial charge in [-0.2, -0.15) is 6.07 Å². The number of hydrogen-bond acceptors (Lipinski definition) is 4. The quantitative estimate of drug-likeness (QED) is 0.128. The predicted molar refractivity (Wildman–Crippen MR) is 306 cm³/mol. The van der Waals surface area contributed by atoms with Gasteiger partial charge in [0.2, 0.25) is 0 Å². The summed E-state index contributed by atoms with van der Waals surface area (Å²) in [5.41, 5.74) is 13.9. The molecule has 0 N–H and O–H groups in total. The molecule has 0 saturated carbocycles. The summed E-state index contributed by atoms with van der Waals surface area (Å²) in [5, 5.41) is 2.23. The second-order valence-corrected chi connectivity index (χ2v) is 24.0. The molecule has 3 heterocycles. The van der Waals surface area contributed by atoms with Gasteiger partial charge in [0.15, 0.2) is 0 Å². The topological polar surface area (TPSA) is 33.5 Å². The van der Waals surface area contributed by atoms with E-state index < -0.39 is 0 Å². The third kappa shape index (κ3) is 10.1. The van der Waals surface area contributed by atoms with Crippen LogP contribution in [-0.4, -0.2) is 9.55 Å².